The highest BCUT2D eigenvalue weighted by Crippen LogP contribution is 2.16. The summed E-state index contributed by atoms with van der Waals surface area (Å²) in [5.74, 6) is 0.692. The van der Waals surface area contributed by atoms with Gasteiger partial charge in [-0.05, 0) is 30.4 Å². The molecule has 0 spiro atoms. The van der Waals surface area contributed by atoms with Crippen LogP contribution in [0.3, 0.4) is 0 Å². The number of hydrogen-bond acceptors (Lipinski definition) is 3. The van der Waals surface area contributed by atoms with E-state index in [0.717, 1.165) is 18.4 Å². The second-order valence-corrected chi connectivity index (χ2v) is 4.92. The first-order chi connectivity index (χ1) is 9.83. The van der Waals surface area contributed by atoms with Gasteiger partial charge in [0.2, 0.25) is 5.88 Å². The fraction of sp³-hybridized carbons (Fsp3) is 0.412. The van der Waals surface area contributed by atoms with Gasteiger partial charge < -0.3 is 4.74 Å². The van der Waals surface area contributed by atoms with Crippen molar-refractivity contribution in [3.8, 4) is 5.88 Å². The molecule has 1 heterocycles. The second-order valence-electron chi connectivity index (χ2n) is 4.92. The topological polar surface area (TPSA) is 35.0 Å². The summed E-state index contributed by atoms with van der Waals surface area (Å²) in [5, 5.41) is 0. The standard InChI is InChI=1S/C17H22N2O/c1-3-5-6-14-7-9-15(10-8-14)12-20-17-16(4-2)11-18-13-19-17/h7-11,13H,3-6,12H2,1-2H3. The molecule has 0 atom stereocenters. The monoisotopic (exact) mass is 270 g/mol. The van der Waals surface area contributed by atoms with Crippen molar-refractivity contribution < 1.29 is 4.74 Å². The van der Waals surface area contributed by atoms with Crippen LogP contribution in [0.25, 0.3) is 0 Å². The third kappa shape index (κ3) is 4.05. The Balaban J connectivity index is 1.93. The lowest BCUT2D eigenvalue weighted by Gasteiger charge is -2.09. The van der Waals surface area contributed by atoms with E-state index in [-0.39, 0.29) is 0 Å². The molecule has 0 bridgehead atoms. The largest absolute Gasteiger partial charge is 0.473 e. The molecule has 3 heteroatoms. The summed E-state index contributed by atoms with van der Waals surface area (Å²) in [7, 11) is 0. The van der Waals surface area contributed by atoms with E-state index in [9.17, 15) is 0 Å². The van der Waals surface area contributed by atoms with E-state index >= 15 is 0 Å². The van der Waals surface area contributed by atoms with Gasteiger partial charge in [-0.1, -0.05) is 44.5 Å². The van der Waals surface area contributed by atoms with Gasteiger partial charge in [-0.2, -0.15) is 0 Å². The molecule has 0 saturated carbocycles. The van der Waals surface area contributed by atoms with Gasteiger partial charge >= 0.3 is 0 Å². The molecule has 1 aromatic heterocycles. The highest BCUT2D eigenvalue weighted by atomic mass is 16.5. The molecule has 0 unspecified atom stereocenters. The van der Waals surface area contributed by atoms with Crippen molar-refractivity contribution in [2.75, 3.05) is 0 Å². The zero-order valence-electron chi connectivity index (χ0n) is 12.3. The third-order valence-corrected chi connectivity index (χ3v) is 3.35. The molecule has 2 rings (SSSR count). The zero-order chi connectivity index (χ0) is 14.2. The van der Waals surface area contributed by atoms with E-state index in [4.69, 9.17) is 4.74 Å². The van der Waals surface area contributed by atoms with E-state index in [0.29, 0.717) is 12.5 Å². The fourth-order valence-corrected chi connectivity index (χ4v) is 2.05. The number of benzene rings is 1. The summed E-state index contributed by atoms with van der Waals surface area (Å²) in [6.45, 7) is 4.85. The van der Waals surface area contributed by atoms with Gasteiger partial charge in [-0.3, -0.25) is 0 Å². The molecule has 0 saturated heterocycles. The van der Waals surface area contributed by atoms with Crippen LogP contribution < -0.4 is 4.74 Å². The molecule has 0 aliphatic rings. The Hall–Kier alpha value is -1.90. The predicted octanol–water partition coefficient (Wildman–Crippen LogP) is 3.96. The summed E-state index contributed by atoms with van der Waals surface area (Å²) in [6.07, 6.45) is 7.86. The highest BCUT2D eigenvalue weighted by Gasteiger charge is 2.03. The lowest BCUT2D eigenvalue weighted by atomic mass is 10.1. The van der Waals surface area contributed by atoms with Gasteiger partial charge in [0.1, 0.15) is 12.9 Å². The second kappa shape index (κ2) is 7.63. The summed E-state index contributed by atoms with van der Waals surface area (Å²) in [6, 6.07) is 8.65. The Kier molecular flexibility index (Phi) is 5.54. The minimum atomic E-state index is 0.554. The fourth-order valence-electron chi connectivity index (χ4n) is 2.05. The number of unbranched alkanes of at least 4 members (excludes halogenated alkanes) is 1. The van der Waals surface area contributed by atoms with Crippen molar-refractivity contribution in [2.24, 2.45) is 0 Å². The molecule has 0 radical (unpaired) electrons. The molecule has 2 aromatic rings. The molecule has 20 heavy (non-hydrogen) atoms. The highest BCUT2D eigenvalue weighted by molar-refractivity contribution is 5.25. The molecule has 1 aromatic carbocycles. The SMILES string of the molecule is CCCCc1ccc(COc2ncncc2CC)cc1. The minimum absolute atomic E-state index is 0.554. The maximum absolute atomic E-state index is 5.78. The molecule has 0 aliphatic heterocycles. The number of aromatic nitrogens is 2. The molecule has 0 amide bonds. The van der Waals surface area contributed by atoms with Gasteiger partial charge in [-0.15, -0.1) is 0 Å². The Bertz CT molecular complexity index is 523. The summed E-state index contributed by atoms with van der Waals surface area (Å²) in [4.78, 5) is 8.21. The van der Waals surface area contributed by atoms with E-state index in [2.05, 4.69) is 48.1 Å². The molecule has 0 fully saturated rings. The lowest BCUT2D eigenvalue weighted by Crippen LogP contribution is -2.01. The maximum atomic E-state index is 5.78. The van der Waals surface area contributed by atoms with Gasteiger partial charge in [0, 0.05) is 11.8 Å². The number of nitrogens with zero attached hydrogens (tertiary/aromatic N) is 2. The number of rotatable bonds is 7. The molecular weight excluding hydrogens is 248 g/mol. The Morgan fingerprint density at radius 3 is 2.50 bits per heavy atom. The van der Waals surface area contributed by atoms with Crippen LogP contribution in [0.4, 0.5) is 0 Å². The average molecular weight is 270 g/mol. The Morgan fingerprint density at radius 2 is 1.80 bits per heavy atom. The van der Waals surface area contributed by atoms with Crippen LogP contribution in [0, 0.1) is 0 Å². The van der Waals surface area contributed by atoms with Crippen LogP contribution in [-0.4, -0.2) is 9.97 Å². The average Bonchev–Trinajstić information content (AvgIpc) is 2.52. The zero-order valence-corrected chi connectivity index (χ0v) is 12.3. The molecular formula is C17H22N2O. The van der Waals surface area contributed by atoms with Crippen molar-refractivity contribution in [2.45, 2.75) is 46.1 Å². The Morgan fingerprint density at radius 1 is 1.05 bits per heavy atom. The molecule has 0 N–H and O–H groups in total. The summed E-state index contributed by atoms with van der Waals surface area (Å²) < 4.78 is 5.78. The number of ether oxygens (including phenoxy) is 1. The van der Waals surface area contributed by atoms with E-state index in [1.54, 1.807) is 0 Å². The van der Waals surface area contributed by atoms with Gasteiger partial charge in [-0.25, -0.2) is 9.97 Å². The molecule has 106 valence electrons. The lowest BCUT2D eigenvalue weighted by molar-refractivity contribution is 0.290. The van der Waals surface area contributed by atoms with Crippen molar-refractivity contribution in [3.63, 3.8) is 0 Å². The first-order valence-electron chi connectivity index (χ1n) is 7.33. The van der Waals surface area contributed by atoms with E-state index < -0.39 is 0 Å². The van der Waals surface area contributed by atoms with Crippen molar-refractivity contribution in [3.05, 3.63) is 53.5 Å². The van der Waals surface area contributed by atoms with Crippen LogP contribution in [-0.2, 0) is 19.4 Å². The number of aryl methyl sites for hydroxylation is 2. The van der Waals surface area contributed by atoms with Crippen LogP contribution in [0.15, 0.2) is 36.8 Å². The smallest absolute Gasteiger partial charge is 0.219 e. The van der Waals surface area contributed by atoms with Crippen molar-refractivity contribution in [1.82, 2.24) is 9.97 Å². The molecule has 0 aliphatic carbocycles. The number of hydrogen-bond donors (Lipinski definition) is 0. The third-order valence-electron chi connectivity index (χ3n) is 3.35. The maximum Gasteiger partial charge on any atom is 0.219 e. The quantitative estimate of drug-likeness (QED) is 0.764. The first kappa shape index (κ1) is 14.5. The van der Waals surface area contributed by atoms with E-state index in [1.165, 1.54) is 30.3 Å². The van der Waals surface area contributed by atoms with Crippen molar-refractivity contribution in [1.29, 1.82) is 0 Å². The van der Waals surface area contributed by atoms with Crippen LogP contribution in [0.2, 0.25) is 0 Å². The van der Waals surface area contributed by atoms with E-state index in [1.807, 2.05) is 6.20 Å². The summed E-state index contributed by atoms with van der Waals surface area (Å²) >= 11 is 0. The van der Waals surface area contributed by atoms with Crippen LogP contribution in [0.1, 0.15) is 43.4 Å². The van der Waals surface area contributed by atoms with Gasteiger partial charge in [0.25, 0.3) is 0 Å². The predicted molar refractivity (Wildman–Crippen MR) is 80.8 cm³/mol. The minimum Gasteiger partial charge on any atom is -0.473 e. The Labute approximate surface area is 121 Å². The molecule has 3 nitrogen and oxygen atoms in total. The normalized spacial score (nSPS) is 10.5. The van der Waals surface area contributed by atoms with Gasteiger partial charge in [0.05, 0.1) is 0 Å². The van der Waals surface area contributed by atoms with Crippen molar-refractivity contribution >= 4 is 0 Å². The first-order valence-corrected chi connectivity index (χ1v) is 7.33. The summed E-state index contributed by atoms with van der Waals surface area (Å²) in [5.41, 5.74) is 3.62. The van der Waals surface area contributed by atoms with Gasteiger partial charge in [0.15, 0.2) is 0 Å². The van der Waals surface area contributed by atoms with Crippen LogP contribution in [0.5, 0.6) is 5.88 Å². The van der Waals surface area contributed by atoms with Crippen LogP contribution >= 0.6 is 0 Å².